The molecule has 2 aliphatic carbocycles. The van der Waals surface area contributed by atoms with Crippen molar-refractivity contribution in [2.45, 2.75) is 81.6 Å². The molecule has 1 spiro atoms. The predicted octanol–water partition coefficient (Wildman–Crippen LogP) is 4.31. The summed E-state index contributed by atoms with van der Waals surface area (Å²) in [5.74, 6) is -1.28. The van der Waals surface area contributed by atoms with Crippen LogP contribution in [0.4, 0.5) is 17.6 Å². The molecule has 38 heavy (non-hydrogen) atoms. The number of alkyl halides is 3. The van der Waals surface area contributed by atoms with Gasteiger partial charge >= 0.3 is 6.18 Å². The van der Waals surface area contributed by atoms with Gasteiger partial charge in [0.15, 0.2) is 17.1 Å². The first-order chi connectivity index (χ1) is 18.0. The van der Waals surface area contributed by atoms with Crippen LogP contribution in [0, 0.1) is 18.7 Å². The van der Waals surface area contributed by atoms with Crippen molar-refractivity contribution in [2.24, 2.45) is 5.92 Å². The molecule has 12 heteroatoms. The summed E-state index contributed by atoms with van der Waals surface area (Å²) in [4.78, 5) is 32.1. The van der Waals surface area contributed by atoms with E-state index in [9.17, 15) is 27.2 Å². The molecule has 2 saturated carbocycles. The maximum absolute atomic E-state index is 14.2. The number of aromatic amines is 1. The fraction of sp³-hybridized carbons (Fsp3) is 0.615. The van der Waals surface area contributed by atoms with Crippen molar-refractivity contribution < 1.29 is 31.9 Å². The highest BCUT2D eigenvalue weighted by molar-refractivity contribution is 5.94. The van der Waals surface area contributed by atoms with E-state index in [1.165, 1.54) is 6.07 Å². The number of amides is 2. The van der Waals surface area contributed by atoms with E-state index in [0.29, 0.717) is 30.8 Å². The summed E-state index contributed by atoms with van der Waals surface area (Å²) >= 11 is 0. The lowest BCUT2D eigenvalue weighted by atomic mass is 9.81. The van der Waals surface area contributed by atoms with Gasteiger partial charge in [0.25, 0.3) is 5.91 Å². The van der Waals surface area contributed by atoms with Crippen molar-refractivity contribution in [1.29, 1.82) is 0 Å². The van der Waals surface area contributed by atoms with E-state index in [2.05, 4.69) is 20.5 Å². The van der Waals surface area contributed by atoms with Crippen LogP contribution in [0.1, 0.15) is 67.5 Å². The van der Waals surface area contributed by atoms with Crippen LogP contribution in [0.3, 0.4) is 0 Å². The number of ether oxygens (including phenoxy) is 1. The quantitative estimate of drug-likeness (QED) is 0.554. The SMILES string of the molecule is COC1(C(F)(F)F)CCC(NC(=O)[C@@H]2CCN(C(=O)c3cc(-c4cc(C)ncc4F)[nH]n3)C3(CC3)C2)CC1. The number of piperidine rings is 1. The Hall–Kier alpha value is -3.02. The number of rotatable bonds is 5. The van der Waals surface area contributed by atoms with Gasteiger partial charge in [0, 0.05) is 42.4 Å². The Morgan fingerprint density at radius 3 is 2.50 bits per heavy atom. The van der Waals surface area contributed by atoms with Crippen LogP contribution in [-0.2, 0) is 9.53 Å². The summed E-state index contributed by atoms with van der Waals surface area (Å²) < 4.78 is 59.4. The molecule has 2 amide bonds. The third-order valence-electron chi connectivity index (χ3n) is 8.47. The number of likely N-dealkylation sites (tertiary alicyclic amines) is 1. The van der Waals surface area contributed by atoms with Gasteiger partial charge < -0.3 is 15.0 Å². The lowest BCUT2D eigenvalue weighted by Gasteiger charge is -2.42. The average molecular weight is 538 g/mol. The molecule has 0 unspecified atom stereocenters. The normalized spacial score (nSPS) is 26.8. The molecule has 0 radical (unpaired) electrons. The van der Waals surface area contributed by atoms with Gasteiger partial charge in [0.1, 0.15) is 0 Å². The van der Waals surface area contributed by atoms with E-state index in [1.807, 2.05) is 0 Å². The van der Waals surface area contributed by atoms with Gasteiger partial charge in [0.05, 0.1) is 11.9 Å². The molecular formula is C26H31F4N5O3. The first-order valence-electron chi connectivity index (χ1n) is 12.9. The minimum atomic E-state index is -4.45. The van der Waals surface area contributed by atoms with Gasteiger partial charge in [-0.05, 0) is 70.4 Å². The second-order valence-corrected chi connectivity index (χ2v) is 10.8. The fourth-order valence-electron chi connectivity index (χ4n) is 5.96. The minimum absolute atomic E-state index is 0.170. The Balaban J connectivity index is 1.20. The zero-order valence-electron chi connectivity index (χ0n) is 21.3. The van der Waals surface area contributed by atoms with E-state index in [0.717, 1.165) is 26.1 Å². The maximum Gasteiger partial charge on any atom is 0.417 e. The van der Waals surface area contributed by atoms with Crippen molar-refractivity contribution in [3.63, 3.8) is 0 Å². The molecule has 3 aliphatic rings. The molecular weight excluding hydrogens is 506 g/mol. The maximum atomic E-state index is 14.2. The lowest BCUT2D eigenvalue weighted by molar-refractivity contribution is -0.280. The van der Waals surface area contributed by atoms with E-state index >= 15 is 0 Å². The Bertz CT molecular complexity index is 1220. The number of nitrogens with one attached hydrogen (secondary N) is 2. The molecule has 2 N–H and O–H groups in total. The summed E-state index contributed by atoms with van der Waals surface area (Å²) in [5, 5.41) is 9.82. The van der Waals surface area contributed by atoms with Crippen LogP contribution in [0.5, 0.6) is 0 Å². The number of nitrogens with zero attached hydrogens (tertiary/aromatic N) is 3. The highest BCUT2D eigenvalue weighted by Crippen LogP contribution is 2.51. The number of methoxy groups -OCH3 is 1. The molecule has 2 aromatic heterocycles. The Morgan fingerprint density at radius 1 is 1.16 bits per heavy atom. The van der Waals surface area contributed by atoms with Gasteiger partial charge in [-0.2, -0.15) is 18.3 Å². The number of halogens is 4. The second kappa shape index (κ2) is 9.62. The molecule has 206 valence electrons. The zero-order valence-corrected chi connectivity index (χ0v) is 21.3. The van der Waals surface area contributed by atoms with E-state index in [1.54, 1.807) is 17.9 Å². The van der Waals surface area contributed by atoms with E-state index in [4.69, 9.17) is 4.74 Å². The van der Waals surface area contributed by atoms with Crippen LogP contribution < -0.4 is 5.32 Å². The van der Waals surface area contributed by atoms with Gasteiger partial charge in [-0.25, -0.2) is 4.39 Å². The number of carbonyl (C=O) groups excluding carboxylic acids is 2. The zero-order chi connectivity index (χ0) is 27.3. The van der Waals surface area contributed by atoms with Crippen LogP contribution >= 0.6 is 0 Å². The van der Waals surface area contributed by atoms with Crippen molar-refractivity contribution in [1.82, 2.24) is 25.4 Å². The third kappa shape index (κ3) is 4.78. The molecule has 8 nitrogen and oxygen atoms in total. The molecule has 5 rings (SSSR count). The Labute approximate surface area is 217 Å². The molecule has 0 aromatic carbocycles. The molecule has 1 atom stereocenters. The number of pyridine rings is 1. The highest BCUT2D eigenvalue weighted by Gasteiger charge is 2.57. The second-order valence-electron chi connectivity index (χ2n) is 10.8. The van der Waals surface area contributed by atoms with E-state index < -0.39 is 23.1 Å². The number of hydrogen-bond acceptors (Lipinski definition) is 5. The summed E-state index contributed by atoms with van der Waals surface area (Å²) in [6, 6.07) is 2.77. The van der Waals surface area contributed by atoms with Gasteiger partial charge in [-0.3, -0.25) is 19.7 Å². The number of carbonyl (C=O) groups is 2. The minimum Gasteiger partial charge on any atom is -0.369 e. The van der Waals surface area contributed by atoms with Gasteiger partial charge in [-0.15, -0.1) is 0 Å². The Kier molecular flexibility index (Phi) is 6.73. The Morgan fingerprint density at radius 2 is 1.87 bits per heavy atom. The number of aromatic nitrogens is 3. The molecule has 3 fully saturated rings. The van der Waals surface area contributed by atoms with Crippen LogP contribution in [0.15, 0.2) is 18.3 Å². The van der Waals surface area contributed by atoms with Crippen molar-refractivity contribution in [3.05, 3.63) is 35.5 Å². The topological polar surface area (TPSA) is 100 Å². The smallest absolute Gasteiger partial charge is 0.369 e. The molecule has 1 saturated heterocycles. The molecule has 2 aromatic rings. The monoisotopic (exact) mass is 537 g/mol. The lowest BCUT2D eigenvalue weighted by Crippen LogP contribution is -2.54. The molecule has 3 heterocycles. The van der Waals surface area contributed by atoms with Crippen molar-refractivity contribution >= 4 is 11.8 Å². The molecule has 0 bridgehead atoms. The van der Waals surface area contributed by atoms with Crippen LogP contribution in [0.25, 0.3) is 11.3 Å². The standard InChI is InChI=1S/C26H31F4N5O3/c1-15-11-18(19(27)14-31-15)20-12-21(34-33-20)23(37)35-10-5-16(13-24(35)8-9-24)22(36)32-17-3-6-25(38-2,7-4-17)26(28,29)30/h11-12,14,16-17H,3-10,13H2,1-2H3,(H,32,36)(H,33,34)/t16-,17?,25?/m1/s1. The number of hydrogen-bond donors (Lipinski definition) is 2. The van der Waals surface area contributed by atoms with Gasteiger partial charge in [-0.1, -0.05) is 0 Å². The van der Waals surface area contributed by atoms with Gasteiger partial charge in [0.2, 0.25) is 5.91 Å². The molecule has 1 aliphatic heterocycles. The van der Waals surface area contributed by atoms with Crippen molar-refractivity contribution in [3.8, 4) is 11.3 Å². The number of aryl methyl sites for hydroxylation is 1. The fourth-order valence-corrected chi connectivity index (χ4v) is 5.96. The number of H-pyrrole nitrogens is 1. The van der Waals surface area contributed by atoms with Crippen molar-refractivity contribution in [2.75, 3.05) is 13.7 Å². The van der Waals surface area contributed by atoms with E-state index in [-0.39, 0.29) is 60.7 Å². The highest BCUT2D eigenvalue weighted by atomic mass is 19.4. The average Bonchev–Trinajstić information content (AvgIpc) is 3.46. The third-order valence-corrected chi connectivity index (χ3v) is 8.47. The summed E-state index contributed by atoms with van der Waals surface area (Å²) in [5.41, 5.74) is -1.11. The first-order valence-corrected chi connectivity index (χ1v) is 12.9. The van der Waals surface area contributed by atoms with Crippen LogP contribution in [0.2, 0.25) is 0 Å². The predicted molar refractivity (Wildman–Crippen MR) is 128 cm³/mol. The largest absolute Gasteiger partial charge is 0.417 e. The first kappa shape index (κ1) is 26.6. The summed E-state index contributed by atoms with van der Waals surface area (Å²) in [6.07, 6.45) is -0.835. The van der Waals surface area contributed by atoms with Crippen LogP contribution in [-0.4, -0.2) is 68.9 Å². The summed E-state index contributed by atoms with van der Waals surface area (Å²) in [6.45, 7) is 2.11. The summed E-state index contributed by atoms with van der Waals surface area (Å²) in [7, 11) is 1.08.